The number of hydrogen-bond acceptors (Lipinski definition) is 6. The molecule has 0 saturated carbocycles. The largest absolute Gasteiger partial charge is 0.366 e. The smallest absolute Gasteiger partial charge is 0.250 e. The molecule has 0 aliphatic rings. The number of amides is 1. The van der Waals surface area contributed by atoms with Crippen molar-refractivity contribution < 1.29 is 9.59 Å². The highest BCUT2D eigenvalue weighted by atomic mass is 16.1. The van der Waals surface area contributed by atoms with E-state index in [0.29, 0.717) is 11.1 Å². The van der Waals surface area contributed by atoms with Crippen molar-refractivity contribution in [2.24, 2.45) is 12.8 Å². The molecule has 0 spiro atoms. The molecule has 30 heavy (non-hydrogen) atoms. The number of nitrogens with zero attached hydrogens (tertiary/aromatic N) is 6. The minimum atomic E-state index is -0.689. The molecule has 4 aromatic rings. The Labute approximate surface area is 170 Å². The first-order chi connectivity index (χ1) is 14.4. The minimum absolute atomic E-state index is 0.0533. The summed E-state index contributed by atoms with van der Waals surface area (Å²) in [5.41, 5.74) is 8.35. The van der Waals surface area contributed by atoms with Gasteiger partial charge in [0.05, 0.1) is 40.3 Å². The van der Waals surface area contributed by atoms with Gasteiger partial charge in [0.2, 0.25) is 5.91 Å². The van der Waals surface area contributed by atoms with Crippen molar-refractivity contribution >= 4 is 22.8 Å². The van der Waals surface area contributed by atoms with Crippen molar-refractivity contribution in [2.45, 2.75) is 0 Å². The quantitative estimate of drug-likeness (QED) is 0.403. The van der Waals surface area contributed by atoms with Gasteiger partial charge in [0.1, 0.15) is 6.07 Å². The number of aromatic nitrogens is 5. The Hall–Kier alpha value is -4.58. The fourth-order valence-electron chi connectivity index (χ4n) is 3.09. The molecule has 0 unspecified atom stereocenters. The predicted molar refractivity (Wildman–Crippen MR) is 108 cm³/mol. The molecule has 0 fully saturated rings. The van der Waals surface area contributed by atoms with E-state index in [1.165, 1.54) is 29.0 Å². The molecule has 9 nitrogen and oxygen atoms in total. The number of nitrogens with two attached hydrogens (primary N) is 1. The van der Waals surface area contributed by atoms with E-state index in [9.17, 15) is 14.9 Å². The van der Waals surface area contributed by atoms with E-state index in [1.54, 1.807) is 30.2 Å². The van der Waals surface area contributed by atoms with Crippen molar-refractivity contribution in [3.63, 3.8) is 0 Å². The Kier molecular flexibility index (Phi) is 4.44. The van der Waals surface area contributed by atoms with Crippen molar-refractivity contribution in [3.05, 3.63) is 78.1 Å². The summed E-state index contributed by atoms with van der Waals surface area (Å²) in [4.78, 5) is 28.7. The van der Waals surface area contributed by atoms with Gasteiger partial charge in [0, 0.05) is 42.3 Å². The Morgan fingerprint density at radius 3 is 2.53 bits per heavy atom. The summed E-state index contributed by atoms with van der Waals surface area (Å²) >= 11 is 0. The Morgan fingerprint density at radius 1 is 1.13 bits per heavy atom. The van der Waals surface area contributed by atoms with Gasteiger partial charge >= 0.3 is 0 Å². The SMILES string of the molecule is C=C(C(N)=O)c1ccc(C(=O)c2cc(-c3cnn(C)c3)cn3ncc(C#N)c23)cn1. The van der Waals surface area contributed by atoms with Crippen LogP contribution >= 0.6 is 0 Å². The number of hydrogen-bond donors (Lipinski definition) is 1. The highest BCUT2D eigenvalue weighted by Crippen LogP contribution is 2.26. The molecule has 1 amide bonds. The second kappa shape index (κ2) is 7.10. The van der Waals surface area contributed by atoms with Gasteiger partial charge < -0.3 is 5.73 Å². The maximum absolute atomic E-state index is 13.3. The van der Waals surface area contributed by atoms with Crippen molar-refractivity contribution in [2.75, 3.05) is 0 Å². The number of nitriles is 1. The fourth-order valence-corrected chi connectivity index (χ4v) is 3.09. The van der Waals surface area contributed by atoms with Gasteiger partial charge in [-0.15, -0.1) is 0 Å². The first kappa shape index (κ1) is 18.8. The van der Waals surface area contributed by atoms with Crippen LogP contribution in [0.25, 0.3) is 22.2 Å². The summed E-state index contributed by atoms with van der Waals surface area (Å²) < 4.78 is 3.16. The average molecular weight is 397 g/mol. The maximum Gasteiger partial charge on any atom is 0.250 e. The monoisotopic (exact) mass is 397 g/mol. The number of fused-ring (bicyclic) bond motifs is 1. The fraction of sp³-hybridized carbons (Fsp3) is 0.0476. The van der Waals surface area contributed by atoms with Gasteiger partial charge in [0.25, 0.3) is 0 Å². The summed E-state index contributed by atoms with van der Waals surface area (Å²) in [6.45, 7) is 3.58. The molecule has 4 aromatic heterocycles. The third kappa shape index (κ3) is 3.12. The third-order valence-corrected chi connectivity index (χ3v) is 4.65. The second-order valence-corrected chi connectivity index (χ2v) is 6.61. The summed E-state index contributed by atoms with van der Waals surface area (Å²) in [6, 6.07) is 6.81. The van der Waals surface area contributed by atoms with Crippen LogP contribution in [-0.4, -0.2) is 36.1 Å². The first-order valence-electron chi connectivity index (χ1n) is 8.79. The van der Waals surface area contributed by atoms with Crippen LogP contribution in [-0.2, 0) is 11.8 Å². The van der Waals surface area contributed by atoms with Crippen molar-refractivity contribution in [1.82, 2.24) is 24.4 Å². The molecule has 4 heterocycles. The highest BCUT2D eigenvalue weighted by molar-refractivity contribution is 6.17. The summed E-state index contributed by atoms with van der Waals surface area (Å²) in [7, 11) is 1.79. The second-order valence-electron chi connectivity index (χ2n) is 6.61. The lowest BCUT2D eigenvalue weighted by Crippen LogP contribution is -2.13. The topological polar surface area (TPSA) is 132 Å². The summed E-state index contributed by atoms with van der Waals surface area (Å²) in [6.07, 6.45) is 7.99. The average Bonchev–Trinajstić information content (AvgIpc) is 3.38. The van der Waals surface area contributed by atoms with Crippen LogP contribution in [0.5, 0.6) is 0 Å². The van der Waals surface area contributed by atoms with Crippen LogP contribution in [0.4, 0.5) is 0 Å². The molecule has 0 bridgehead atoms. The zero-order valence-electron chi connectivity index (χ0n) is 15.9. The van der Waals surface area contributed by atoms with Gasteiger partial charge in [-0.2, -0.15) is 15.5 Å². The molecule has 9 heteroatoms. The van der Waals surface area contributed by atoms with Crippen LogP contribution in [0.3, 0.4) is 0 Å². The molecule has 0 aliphatic carbocycles. The van der Waals surface area contributed by atoms with Gasteiger partial charge in [-0.05, 0) is 18.2 Å². The molecule has 0 aliphatic heterocycles. The Bertz CT molecular complexity index is 1370. The van der Waals surface area contributed by atoms with Crippen LogP contribution in [0.15, 0.2) is 55.8 Å². The van der Waals surface area contributed by atoms with Gasteiger partial charge in [-0.25, -0.2) is 4.52 Å². The molecule has 0 atom stereocenters. The number of carbonyl (C=O) groups excluding carboxylic acids is 2. The highest BCUT2D eigenvalue weighted by Gasteiger charge is 2.20. The van der Waals surface area contributed by atoms with Crippen molar-refractivity contribution in [1.29, 1.82) is 5.26 Å². The molecular formula is C21H15N7O2. The molecule has 146 valence electrons. The van der Waals surface area contributed by atoms with E-state index < -0.39 is 5.91 Å². The van der Waals surface area contributed by atoms with Gasteiger partial charge in [-0.1, -0.05) is 6.58 Å². The van der Waals surface area contributed by atoms with Gasteiger partial charge in [0.15, 0.2) is 5.78 Å². The van der Waals surface area contributed by atoms with E-state index in [0.717, 1.165) is 11.1 Å². The van der Waals surface area contributed by atoms with Crippen molar-refractivity contribution in [3.8, 4) is 17.2 Å². The van der Waals surface area contributed by atoms with E-state index >= 15 is 0 Å². The lowest BCUT2D eigenvalue weighted by molar-refractivity contribution is -0.112. The minimum Gasteiger partial charge on any atom is -0.366 e. The molecule has 4 rings (SSSR count). The lowest BCUT2D eigenvalue weighted by atomic mass is 9.99. The number of carbonyl (C=O) groups is 2. The predicted octanol–water partition coefficient (Wildman–Crippen LogP) is 1.73. The number of ketones is 1. The summed E-state index contributed by atoms with van der Waals surface area (Å²) in [5, 5.41) is 17.8. The molecule has 2 N–H and O–H groups in total. The first-order valence-corrected chi connectivity index (χ1v) is 8.79. The van der Waals surface area contributed by atoms with Gasteiger partial charge in [-0.3, -0.25) is 19.3 Å². The van der Waals surface area contributed by atoms with Crippen LogP contribution < -0.4 is 5.73 Å². The maximum atomic E-state index is 13.3. The standard InChI is InChI=1S/C21H15N7O2/c1-12(21(23)30)18-4-3-13(7-24-18)20(29)17-5-14(16-9-25-27(2)10-16)11-28-19(17)15(6-22)8-26-28/h3-5,7-11H,1H2,2H3,(H2,23,30). The zero-order chi connectivity index (χ0) is 21.4. The lowest BCUT2D eigenvalue weighted by Gasteiger charge is -2.08. The van der Waals surface area contributed by atoms with E-state index in [1.807, 2.05) is 6.20 Å². The van der Waals surface area contributed by atoms with Crippen LogP contribution in [0, 0.1) is 11.3 Å². The number of rotatable bonds is 5. The van der Waals surface area contributed by atoms with Crippen LogP contribution in [0.1, 0.15) is 27.2 Å². The number of aryl methyl sites for hydroxylation is 1. The third-order valence-electron chi connectivity index (χ3n) is 4.65. The number of pyridine rings is 2. The van der Waals surface area contributed by atoms with Crippen LogP contribution in [0.2, 0.25) is 0 Å². The molecular weight excluding hydrogens is 382 g/mol. The van der Waals surface area contributed by atoms with E-state index in [4.69, 9.17) is 5.73 Å². The van der Waals surface area contributed by atoms with E-state index in [2.05, 4.69) is 27.8 Å². The molecule has 0 saturated heterocycles. The zero-order valence-corrected chi connectivity index (χ0v) is 15.9. The number of primary amides is 1. The molecule has 0 radical (unpaired) electrons. The summed E-state index contributed by atoms with van der Waals surface area (Å²) in [5.74, 6) is -1.03. The Morgan fingerprint density at radius 2 is 1.93 bits per heavy atom. The molecule has 0 aromatic carbocycles. The van der Waals surface area contributed by atoms with E-state index in [-0.39, 0.29) is 28.2 Å². The Balaban J connectivity index is 1.85. The normalized spacial score (nSPS) is 10.7.